The van der Waals surface area contributed by atoms with E-state index in [-0.39, 0.29) is 0 Å². The van der Waals surface area contributed by atoms with Gasteiger partial charge >= 0.3 is 0 Å². The molecule has 0 saturated carbocycles. The Kier molecular flexibility index (Phi) is 6.39. The highest BCUT2D eigenvalue weighted by Crippen LogP contribution is 2.42. The van der Waals surface area contributed by atoms with Gasteiger partial charge in [0.1, 0.15) is 0 Å². The zero-order chi connectivity index (χ0) is 23.9. The molecule has 5 rings (SSSR count). The largest absolute Gasteiger partial charge is 0.134 e. The van der Waals surface area contributed by atoms with Crippen molar-refractivity contribution in [2.45, 2.75) is 59.2 Å². The zero-order valence-electron chi connectivity index (χ0n) is 21.2. The summed E-state index contributed by atoms with van der Waals surface area (Å²) >= 11 is 2.00. The average molecular weight is 481 g/mol. The van der Waals surface area contributed by atoms with E-state index in [1.165, 1.54) is 65.8 Å². The van der Waals surface area contributed by atoms with Gasteiger partial charge in [0.15, 0.2) is 0 Å². The Morgan fingerprint density at radius 3 is 2.06 bits per heavy atom. The van der Waals surface area contributed by atoms with Crippen LogP contribution in [-0.4, -0.2) is 8.07 Å². The van der Waals surface area contributed by atoms with Gasteiger partial charge in [-0.1, -0.05) is 125 Å². The van der Waals surface area contributed by atoms with E-state index in [9.17, 15) is 0 Å². The molecular formula is C32H36SSi. The standard InChI is InChI=1S/C32H36SSi/c1-6-34(7-2,8-3)30-21-25(20-23-13-9-10-15-26(23)30)27-16-12-18-29-28-17-11-14-24(19-22(4)5)31(28)33-32(27)29/h9-18,20-22H,6-8,19H2,1-5H3. The van der Waals surface area contributed by atoms with Crippen molar-refractivity contribution in [2.24, 2.45) is 5.92 Å². The van der Waals surface area contributed by atoms with Crippen molar-refractivity contribution in [3.8, 4) is 11.1 Å². The Morgan fingerprint density at radius 1 is 0.706 bits per heavy atom. The van der Waals surface area contributed by atoms with Gasteiger partial charge in [-0.3, -0.25) is 0 Å². The third-order valence-electron chi connectivity index (χ3n) is 8.01. The Morgan fingerprint density at radius 2 is 1.35 bits per heavy atom. The van der Waals surface area contributed by atoms with Crippen LogP contribution in [0.2, 0.25) is 18.1 Å². The second kappa shape index (κ2) is 9.32. The second-order valence-electron chi connectivity index (χ2n) is 10.3. The Hall–Kier alpha value is -2.42. The summed E-state index contributed by atoms with van der Waals surface area (Å²) in [5.74, 6) is 0.661. The van der Waals surface area contributed by atoms with Gasteiger partial charge in [-0.05, 0) is 45.9 Å². The van der Waals surface area contributed by atoms with E-state index in [0.29, 0.717) is 5.92 Å². The molecule has 0 fully saturated rings. The first-order chi connectivity index (χ1) is 16.5. The predicted molar refractivity (Wildman–Crippen MR) is 158 cm³/mol. The summed E-state index contributed by atoms with van der Waals surface area (Å²) in [5.41, 5.74) is 4.28. The van der Waals surface area contributed by atoms with Crippen LogP contribution in [0.5, 0.6) is 0 Å². The molecule has 34 heavy (non-hydrogen) atoms. The molecule has 1 aromatic heterocycles. The maximum Gasteiger partial charge on any atom is 0.0867 e. The lowest BCUT2D eigenvalue weighted by molar-refractivity contribution is 0.650. The summed E-state index contributed by atoms with van der Waals surface area (Å²) in [7, 11) is -1.55. The highest BCUT2D eigenvalue weighted by atomic mass is 32.1. The van der Waals surface area contributed by atoms with Gasteiger partial charge in [0.05, 0.1) is 8.07 Å². The minimum Gasteiger partial charge on any atom is -0.134 e. The fourth-order valence-electron chi connectivity index (χ4n) is 5.93. The van der Waals surface area contributed by atoms with Crippen LogP contribution in [0, 0.1) is 5.92 Å². The molecule has 0 spiro atoms. The molecule has 0 bridgehead atoms. The molecule has 0 aliphatic rings. The minimum atomic E-state index is -1.55. The molecule has 0 aliphatic heterocycles. The molecule has 4 aromatic carbocycles. The average Bonchev–Trinajstić information content (AvgIpc) is 3.25. The lowest BCUT2D eigenvalue weighted by atomic mass is 9.98. The molecule has 0 N–H and O–H groups in total. The number of benzene rings is 4. The maximum absolute atomic E-state index is 2.58. The van der Waals surface area contributed by atoms with Crippen molar-refractivity contribution in [2.75, 3.05) is 0 Å². The van der Waals surface area contributed by atoms with Gasteiger partial charge in [-0.2, -0.15) is 0 Å². The van der Waals surface area contributed by atoms with Crippen LogP contribution < -0.4 is 5.19 Å². The predicted octanol–water partition coefficient (Wildman–Crippen LogP) is 9.79. The third-order valence-corrected chi connectivity index (χ3v) is 15.0. The number of fused-ring (bicyclic) bond motifs is 4. The van der Waals surface area contributed by atoms with Gasteiger partial charge < -0.3 is 0 Å². The van der Waals surface area contributed by atoms with Crippen LogP contribution >= 0.6 is 11.3 Å². The van der Waals surface area contributed by atoms with E-state index in [2.05, 4.69) is 107 Å². The molecule has 5 aromatic rings. The van der Waals surface area contributed by atoms with Crippen molar-refractivity contribution >= 4 is 55.5 Å². The summed E-state index contributed by atoms with van der Waals surface area (Å²) < 4.78 is 2.91. The van der Waals surface area contributed by atoms with Crippen LogP contribution in [0.4, 0.5) is 0 Å². The van der Waals surface area contributed by atoms with Gasteiger partial charge in [-0.25, -0.2) is 0 Å². The van der Waals surface area contributed by atoms with Crippen molar-refractivity contribution in [1.82, 2.24) is 0 Å². The lowest BCUT2D eigenvalue weighted by Gasteiger charge is -2.30. The molecule has 0 radical (unpaired) electrons. The van der Waals surface area contributed by atoms with Crippen LogP contribution in [-0.2, 0) is 6.42 Å². The summed E-state index contributed by atoms with van der Waals surface area (Å²) in [6.45, 7) is 11.9. The molecular weight excluding hydrogens is 445 g/mol. The van der Waals surface area contributed by atoms with Crippen LogP contribution in [0.25, 0.3) is 42.1 Å². The van der Waals surface area contributed by atoms with Crippen molar-refractivity contribution in [3.05, 3.63) is 78.4 Å². The van der Waals surface area contributed by atoms with Gasteiger partial charge in [-0.15, -0.1) is 11.3 Å². The van der Waals surface area contributed by atoms with E-state index in [1.807, 2.05) is 11.3 Å². The smallest absolute Gasteiger partial charge is 0.0867 e. The van der Waals surface area contributed by atoms with Crippen LogP contribution in [0.3, 0.4) is 0 Å². The van der Waals surface area contributed by atoms with Crippen molar-refractivity contribution in [3.63, 3.8) is 0 Å². The Labute approximate surface area is 209 Å². The first kappa shape index (κ1) is 23.3. The fraction of sp³-hybridized carbons (Fsp3) is 0.312. The number of hydrogen-bond acceptors (Lipinski definition) is 1. The topological polar surface area (TPSA) is 0 Å². The first-order valence-electron chi connectivity index (χ1n) is 13.0. The molecule has 1 heterocycles. The zero-order valence-corrected chi connectivity index (χ0v) is 23.1. The van der Waals surface area contributed by atoms with Crippen LogP contribution in [0.15, 0.2) is 72.8 Å². The molecule has 0 saturated heterocycles. The van der Waals surface area contributed by atoms with E-state index in [0.717, 1.165) is 6.42 Å². The van der Waals surface area contributed by atoms with Gasteiger partial charge in [0, 0.05) is 20.2 Å². The number of thiophene rings is 1. The molecule has 0 aliphatic carbocycles. The molecule has 174 valence electrons. The molecule has 2 heteroatoms. The van der Waals surface area contributed by atoms with Gasteiger partial charge in [0.25, 0.3) is 0 Å². The van der Waals surface area contributed by atoms with Crippen molar-refractivity contribution < 1.29 is 0 Å². The molecule has 0 amide bonds. The minimum absolute atomic E-state index is 0.661. The quantitative estimate of drug-likeness (QED) is 0.203. The summed E-state index contributed by atoms with van der Waals surface area (Å²) in [5, 5.41) is 7.35. The van der Waals surface area contributed by atoms with E-state index in [1.54, 1.807) is 5.19 Å². The summed E-state index contributed by atoms with van der Waals surface area (Å²) in [4.78, 5) is 0. The SMILES string of the molecule is CC[Si](CC)(CC)c1cc(-c2cccc3c2sc2c(CC(C)C)cccc23)cc2ccccc12. The second-order valence-corrected chi connectivity index (χ2v) is 16.5. The Bertz CT molecular complexity index is 1460. The summed E-state index contributed by atoms with van der Waals surface area (Å²) in [6, 6.07) is 31.8. The summed E-state index contributed by atoms with van der Waals surface area (Å²) in [6.07, 6.45) is 1.14. The first-order valence-corrected chi connectivity index (χ1v) is 16.4. The third kappa shape index (κ3) is 3.81. The van der Waals surface area contributed by atoms with Crippen molar-refractivity contribution in [1.29, 1.82) is 0 Å². The molecule has 0 unspecified atom stereocenters. The normalized spacial score (nSPS) is 12.4. The monoisotopic (exact) mass is 480 g/mol. The highest BCUT2D eigenvalue weighted by Gasteiger charge is 2.31. The van der Waals surface area contributed by atoms with E-state index >= 15 is 0 Å². The van der Waals surface area contributed by atoms with Gasteiger partial charge in [0.2, 0.25) is 0 Å². The molecule has 0 atom stereocenters. The van der Waals surface area contributed by atoms with Crippen LogP contribution in [0.1, 0.15) is 40.2 Å². The number of hydrogen-bond donors (Lipinski definition) is 0. The Balaban J connectivity index is 1.80. The fourth-order valence-corrected chi connectivity index (χ4v) is 11.2. The lowest BCUT2D eigenvalue weighted by Crippen LogP contribution is -2.46. The number of rotatable bonds is 7. The maximum atomic E-state index is 2.58. The van der Waals surface area contributed by atoms with E-state index in [4.69, 9.17) is 0 Å². The highest BCUT2D eigenvalue weighted by molar-refractivity contribution is 7.26. The van der Waals surface area contributed by atoms with E-state index < -0.39 is 8.07 Å². The molecule has 0 nitrogen and oxygen atoms in total.